The molecule has 0 atom stereocenters. The summed E-state index contributed by atoms with van der Waals surface area (Å²) in [6.07, 6.45) is 3.91. The first-order chi connectivity index (χ1) is 12.4. The molecule has 3 aromatic rings. The normalized spacial score (nSPS) is 16.2. The zero-order valence-corrected chi connectivity index (χ0v) is 16.0. The molecule has 1 aromatic heterocycles. The fourth-order valence-corrected chi connectivity index (χ4v) is 4.11. The van der Waals surface area contributed by atoms with Gasteiger partial charge in [-0.25, -0.2) is 0 Å². The van der Waals surface area contributed by atoms with Crippen molar-refractivity contribution in [3.8, 4) is 0 Å². The molecule has 0 saturated heterocycles. The van der Waals surface area contributed by atoms with Gasteiger partial charge in [-0.2, -0.15) is 0 Å². The maximum Gasteiger partial charge on any atom is 0.255 e. The van der Waals surface area contributed by atoms with Gasteiger partial charge in [0.15, 0.2) is 0 Å². The van der Waals surface area contributed by atoms with E-state index in [0.29, 0.717) is 5.57 Å². The molecule has 4 rings (SSSR count). The van der Waals surface area contributed by atoms with Crippen molar-refractivity contribution in [2.75, 3.05) is 0 Å². The molecule has 0 unspecified atom stereocenters. The second-order valence-corrected chi connectivity index (χ2v) is 8.74. The lowest BCUT2D eigenvalue weighted by Gasteiger charge is -2.19. The van der Waals surface area contributed by atoms with E-state index in [1.807, 2.05) is 24.3 Å². The van der Waals surface area contributed by atoms with E-state index in [1.165, 1.54) is 15.6 Å². The number of carbonyl (C=O) groups is 1. The van der Waals surface area contributed by atoms with E-state index in [1.54, 1.807) is 11.3 Å². The Morgan fingerprint density at radius 3 is 2.42 bits per heavy atom. The summed E-state index contributed by atoms with van der Waals surface area (Å²) in [5.41, 5.74) is 4.01. The summed E-state index contributed by atoms with van der Waals surface area (Å²) in [6.45, 7) is 6.60. The van der Waals surface area contributed by atoms with Gasteiger partial charge in [0.05, 0.1) is 0 Å². The highest BCUT2D eigenvalue weighted by molar-refractivity contribution is 7.19. The lowest BCUT2D eigenvalue weighted by atomic mass is 9.86. The van der Waals surface area contributed by atoms with Crippen LogP contribution in [-0.4, -0.2) is 5.91 Å². The van der Waals surface area contributed by atoms with Gasteiger partial charge >= 0.3 is 0 Å². The van der Waals surface area contributed by atoms with Crippen LogP contribution in [0.15, 0.2) is 66.2 Å². The van der Waals surface area contributed by atoms with E-state index >= 15 is 0 Å². The number of carbonyl (C=O) groups excluding carboxylic acids is 1. The summed E-state index contributed by atoms with van der Waals surface area (Å²) < 4.78 is 1.24. The Kier molecular flexibility index (Phi) is 4.04. The van der Waals surface area contributed by atoms with Crippen LogP contribution in [0.25, 0.3) is 21.9 Å². The third-order valence-electron chi connectivity index (χ3n) is 4.61. The third-order valence-corrected chi connectivity index (χ3v) is 5.68. The van der Waals surface area contributed by atoms with Crippen molar-refractivity contribution in [3.63, 3.8) is 0 Å². The van der Waals surface area contributed by atoms with E-state index < -0.39 is 0 Å². The predicted octanol–water partition coefficient (Wildman–Crippen LogP) is 5.75. The number of fused-ring (bicyclic) bond motifs is 1. The zero-order chi connectivity index (χ0) is 18.3. The standard InChI is InChI=1S/C23H21NOS/c1-23(2,3)18-10-8-15(9-11-18)20-14-17(22(25)24-20)13-19-12-16-6-4-5-7-21(16)26-19/h4-14H,1-3H3,(H,24,25). The molecule has 1 aliphatic heterocycles. The molecule has 0 aliphatic carbocycles. The van der Waals surface area contributed by atoms with Crippen molar-refractivity contribution in [2.24, 2.45) is 0 Å². The van der Waals surface area contributed by atoms with Crippen molar-refractivity contribution < 1.29 is 4.79 Å². The number of thiophene rings is 1. The molecule has 0 fully saturated rings. The minimum atomic E-state index is -0.0441. The van der Waals surface area contributed by atoms with E-state index in [9.17, 15) is 4.79 Å². The fourth-order valence-electron chi connectivity index (χ4n) is 3.09. The lowest BCUT2D eigenvalue weighted by molar-refractivity contribution is -0.115. The first-order valence-electron chi connectivity index (χ1n) is 8.74. The summed E-state index contributed by atoms with van der Waals surface area (Å²) in [6, 6.07) is 18.8. The zero-order valence-electron chi connectivity index (χ0n) is 15.2. The summed E-state index contributed by atoms with van der Waals surface area (Å²) in [5, 5.41) is 4.20. The van der Waals surface area contributed by atoms with E-state index in [2.05, 4.69) is 68.6 Å². The Morgan fingerprint density at radius 2 is 1.73 bits per heavy atom. The minimum Gasteiger partial charge on any atom is -0.321 e. The Hall–Kier alpha value is -2.65. The molecular formula is C23H21NOS. The van der Waals surface area contributed by atoms with Crippen LogP contribution < -0.4 is 5.32 Å². The van der Waals surface area contributed by atoms with Crippen LogP contribution in [0.5, 0.6) is 0 Å². The summed E-state index contributed by atoms with van der Waals surface area (Å²) in [4.78, 5) is 13.5. The molecule has 130 valence electrons. The highest BCUT2D eigenvalue weighted by Crippen LogP contribution is 2.30. The van der Waals surface area contributed by atoms with Gasteiger partial charge < -0.3 is 5.32 Å². The molecule has 1 amide bonds. The Morgan fingerprint density at radius 1 is 1.00 bits per heavy atom. The Balaban J connectivity index is 1.64. The Bertz CT molecular complexity index is 1010. The lowest BCUT2D eigenvalue weighted by Crippen LogP contribution is -2.16. The van der Waals surface area contributed by atoms with Crippen LogP contribution in [0.2, 0.25) is 0 Å². The van der Waals surface area contributed by atoms with Crippen molar-refractivity contribution in [1.82, 2.24) is 5.32 Å². The van der Waals surface area contributed by atoms with Crippen molar-refractivity contribution in [2.45, 2.75) is 26.2 Å². The smallest absolute Gasteiger partial charge is 0.255 e. The number of nitrogens with one attached hydrogen (secondary N) is 1. The molecule has 2 heterocycles. The second-order valence-electron chi connectivity index (χ2n) is 7.63. The number of hydrogen-bond acceptors (Lipinski definition) is 2. The van der Waals surface area contributed by atoms with Gasteiger partial charge in [0.1, 0.15) is 0 Å². The molecule has 3 heteroatoms. The highest BCUT2D eigenvalue weighted by Gasteiger charge is 2.20. The van der Waals surface area contributed by atoms with Gasteiger partial charge in [-0.1, -0.05) is 63.2 Å². The monoisotopic (exact) mass is 359 g/mol. The van der Waals surface area contributed by atoms with Gasteiger partial charge in [-0.05, 0) is 46.2 Å². The summed E-state index contributed by atoms with van der Waals surface area (Å²) >= 11 is 1.70. The van der Waals surface area contributed by atoms with Crippen molar-refractivity contribution in [1.29, 1.82) is 0 Å². The Labute approximate surface area is 157 Å². The minimum absolute atomic E-state index is 0.0441. The van der Waals surface area contributed by atoms with Gasteiger partial charge in [0, 0.05) is 20.8 Å². The number of amides is 1. The van der Waals surface area contributed by atoms with Crippen LogP contribution in [0.3, 0.4) is 0 Å². The maximum atomic E-state index is 12.4. The second kappa shape index (κ2) is 6.26. The van der Waals surface area contributed by atoms with Crippen LogP contribution in [0.4, 0.5) is 0 Å². The van der Waals surface area contributed by atoms with Crippen LogP contribution in [0, 0.1) is 0 Å². The summed E-state index contributed by atoms with van der Waals surface area (Å²) in [7, 11) is 0. The topological polar surface area (TPSA) is 29.1 Å². The molecule has 2 nitrogen and oxygen atoms in total. The molecule has 0 spiro atoms. The van der Waals surface area contributed by atoms with E-state index in [0.717, 1.165) is 16.1 Å². The largest absolute Gasteiger partial charge is 0.321 e. The number of benzene rings is 2. The molecule has 0 saturated carbocycles. The molecule has 1 N–H and O–H groups in total. The fraction of sp³-hybridized carbons (Fsp3) is 0.174. The third kappa shape index (κ3) is 3.23. The average Bonchev–Trinajstić information content (AvgIpc) is 3.18. The molecule has 2 aromatic carbocycles. The van der Waals surface area contributed by atoms with E-state index in [-0.39, 0.29) is 11.3 Å². The number of hydrogen-bond donors (Lipinski definition) is 1. The highest BCUT2D eigenvalue weighted by atomic mass is 32.1. The van der Waals surface area contributed by atoms with Crippen LogP contribution in [-0.2, 0) is 10.2 Å². The van der Waals surface area contributed by atoms with Gasteiger partial charge in [0.2, 0.25) is 0 Å². The van der Waals surface area contributed by atoms with Crippen LogP contribution in [0.1, 0.15) is 36.8 Å². The predicted molar refractivity (Wildman–Crippen MR) is 111 cm³/mol. The summed E-state index contributed by atoms with van der Waals surface area (Å²) in [5.74, 6) is -0.0441. The molecule has 1 aliphatic rings. The SMILES string of the molecule is CC(C)(C)c1ccc(C2=CC(=Cc3cc4ccccc4s3)C(=O)N2)cc1. The quantitative estimate of drug-likeness (QED) is 0.580. The molecule has 0 bridgehead atoms. The molecule has 0 radical (unpaired) electrons. The van der Waals surface area contributed by atoms with E-state index in [4.69, 9.17) is 0 Å². The van der Waals surface area contributed by atoms with Gasteiger partial charge in [-0.3, -0.25) is 4.79 Å². The molecular weight excluding hydrogens is 338 g/mol. The first-order valence-corrected chi connectivity index (χ1v) is 9.56. The van der Waals surface area contributed by atoms with Crippen LogP contribution >= 0.6 is 11.3 Å². The van der Waals surface area contributed by atoms with Crippen molar-refractivity contribution >= 4 is 39.1 Å². The maximum absolute atomic E-state index is 12.4. The van der Waals surface area contributed by atoms with Crippen molar-refractivity contribution in [3.05, 3.63) is 82.3 Å². The first kappa shape index (κ1) is 16.8. The van der Waals surface area contributed by atoms with Gasteiger partial charge in [-0.15, -0.1) is 11.3 Å². The average molecular weight is 359 g/mol. The molecule has 26 heavy (non-hydrogen) atoms. The number of rotatable bonds is 2. The van der Waals surface area contributed by atoms with Gasteiger partial charge in [0.25, 0.3) is 5.91 Å².